The highest BCUT2D eigenvalue weighted by molar-refractivity contribution is 7.99. The van der Waals surface area contributed by atoms with E-state index in [4.69, 9.17) is 5.14 Å². The van der Waals surface area contributed by atoms with Crippen molar-refractivity contribution in [2.75, 3.05) is 11.6 Å². The van der Waals surface area contributed by atoms with Crippen LogP contribution in [0, 0.1) is 5.82 Å². The monoisotopic (exact) mass is 318 g/mol. The van der Waals surface area contributed by atoms with Gasteiger partial charge >= 0.3 is 0 Å². The van der Waals surface area contributed by atoms with Crippen molar-refractivity contribution in [1.29, 1.82) is 0 Å². The maximum atomic E-state index is 13.9. The first-order valence-electron chi connectivity index (χ1n) is 6.52. The van der Waals surface area contributed by atoms with Gasteiger partial charge < -0.3 is 5.32 Å². The number of hydrogen-bond acceptors (Lipinski definition) is 4. The average molecular weight is 318 g/mol. The SMILES string of the molecule is CSC1CCC(Nc2ccc(S(N)(=O)=O)cc2F)CC1. The van der Waals surface area contributed by atoms with Gasteiger partial charge in [-0.1, -0.05) is 0 Å². The minimum atomic E-state index is -3.86. The zero-order valence-electron chi connectivity index (χ0n) is 11.3. The summed E-state index contributed by atoms with van der Waals surface area (Å²) in [7, 11) is -3.86. The normalized spacial score (nSPS) is 23.6. The summed E-state index contributed by atoms with van der Waals surface area (Å²) in [5, 5.41) is 8.82. The van der Waals surface area contributed by atoms with Crippen molar-refractivity contribution in [3.8, 4) is 0 Å². The van der Waals surface area contributed by atoms with E-state index in [1.165, 1.54) is 12.1 Å². The van der Waals surface area contributed by atoms with Crippen LogP contribution in [0.15, 0.2) is 23.1 Å². The number of anilines is 1. The smallest absolute Gasteiger partial charge is 0.238 e. The molecule has 112 valence electrons. The Morgan fingerprint density at radius 1 is 1.30 bits per heavy atom. The van der Waals surface area contributed by atoms with Crippen molar-refractivity contribution in [1.82, 2.24) is 0 Å². The van der Waals surface area contributed by atoms with Gasteiger partial charge in [0.1, 0.15) is 5.82 Å². The lowest BCUT2D eigenvalue weighted by Crippen LogP contribution is -2.27. The number of halogens is 1. The standard InChI is InChI=1S/C13H19FN2O2S2/c1-19-10-4-2-9(3-5-10)16-13-7-6-11(8-12(13)14)20(15,17)18/h6-10,16H,2-5H2,1H3,(H2,15,17,18). The lowest BCUT2D eigenvalue weighted by atomic mass is 9.95. The predicted octanol–water partition coefficient (Wildman–Crippen LogP) is 2.56. The average Bonchev–Trinajstić information content (AvgIpc) is 2.41. The summed E-state index contributed by atoms with van der Waals surface area (Å²) in [6.45, 7) is 0. The zero-order chi connectivity index (χ0) is 14.8. The first-order valence-corrected chi connectivity index (χ1v) is 9.35. The lowest BCUT2D eigenvalue weighted by molar-refractivity contribution is 0.471. The van der Waals surface area contributed by atoms with Crippen LogP contribution in [0.3, 0.4) is 0 Å². The lowest BCUT2D eigenvalue weighted by Gasteiger charge is -2.28. The topological polar surface area (TPSA) is 72.2 Å². The quantitative estimate of drug-likeness (QED) is 0.895. The van der Waals surface area contributed by atoms with Crippen LogP contribution in [0.1, 0.15) is 25.7 Å². The molecular weight excluding hydrogens is 299 g/mol. The van der Waals surface area contributed by atoms with Gasteiger partial charge in [0.25, 0.3) is 0 Å². The fourth-order valence-electron chi connectivity index (χ4n) is 2.45. The second kappa shape index (κ2) is 6.32. The number of thioether (sulfide) groups is 1. The Kier molecular flexibility index (Phi) is 4.93. The molecule has 1 aromatic rings. The van der Waals surface area contributed by atoms with Crippen molar-refractivity contribution >= 4 is 27.5 Å². The molecule has 1 aromatic carbocycles. The molecule has 0 saturated heterocycles. The molecule has 4 nitrogen and oxygen atoms in total. The number of nitrogens with two attached hydrogens (primary N) is 1. The Hall–Kier alpha value is -0.790. The summed E-state index contributed by atoms with van der Waals surface area (Å²) in [4.78, 5) is -0.202. The molecular formula is C13H19FN2O2S2. The number of benzene rings is 1. The van der Waals surface area contributed by atoms with E-state index in [1.54, 1.807) is 0 Å². The van der Waals surface area contributed by atoms with E-state index in [9.17, 15) is 12.8 Å². The maximum Gasteiger partial charge on any atom is 0.238 e. The van der Waals surface area contributed by atoms with Crippen LogP contribution in [0.25, 0.3) is 0 Å². The van der Waals surface area contributed by atoms with Gasteiger partial charge in [0, 0.05) is 11.3 Å². The van der Waals surface area contributed by atoms with Gasteiger partial charge in [0.05, 0.1) is 10.6 Å². The molecule has 20 heavy (non-hydrogen) atoms. The second-order valence-corrected chi connectivity index (χ2v) is 7.74. The van der Waals surface area contributed by atoms with Crippen molar-refractivity contribution < 1.29 is 12.8 Å². The Morgan fingerprint density at radius 3 is 2.45 bits per heavy atom. The molecule has 0 bridgehead atoms. The third-order valence-corrected chi connectivity index (χ3v) is 5.69. The van der Waals surface area contributed by atoms with Crippen LogP contribution in [0.2, 0.25) is 0 Å². The highest BCUT2D eigenvalue weighted by Crippen LogP contribution is 2.29. The van der Waals surface area contributed by atoms with Crippen molar-refractivity contribution in [3.63, 3.8) is 0 Å². The molecule has 0 atom stereocenters. The van der Waals surface area contributed by atoms with Crippen LogP contribution < -0.4 is 10.5 Å². The number of primary sulfonamides is 1. The van der Waals surface area contributed by atoms with E-state index in [0.717, 1.165) is 31.7 Å². The molecule has 1 fully saturated rings. The second-order valence-electron chi connectivity index (χ2n) is 5.04. The number of rotatable bonds is 4. The largest absolute Gasteiger partial charge is 0.380 e. The van der Waals surface area contributed by atoms with E-state index in [1.807, 2.05) is 11.8 Å². The Labute approximate surface area is 123 Å². The van der Waals surface area contributed by atoms with E-state index in [2.05, 4.69) is 11.6 Å². The maximum absolute atomic E-state index is 13.9. The van der Waals surface area contributed by atoms with Gasteiger partial charge in [-0.2, -0.15) is 11.8 Å². The van der Waals surface area contributed by atoms with Crippen LogP contribution >= 0.6 is 11.8 Å². The fourth-order valence-corrected chi connectivity index (χ4v) is 3.72. The predicted molar refractivity (Wildman–Crippen MR) is 81.0 cm³/mol. The Balaban J connectivity index is 2.04. The van der Waals surface area contributed by atoms with Gasteiger partial charge in [-0.25, -0.2) is 17.9 Å². The summed E-state index contributed by atoms with van der Waals surface area (Å²) in [5.41, 5.74) is 0.338. The fraction of sp³-hybridized carbons (Fsp3) is 0.538. The molecule has 0 amide bonds. The van der Waals surface area contributed by atoms with Crippen molar-refractivity contribution in [2.24, 2.45) is 5.14 Å². The van der Waals surface area contributed by atoms with Gasteiger partial charge in [-0.3, -0.25) is 0 Å². The molecule has 0 aromatic heterocycles. The molecule has 1 aliphatic rings. The summed E-state index contributed by atoms with van der Waals surface area (Å²) < 4.78 is 36.2. The molecule has 1 saturated carbocycles. The third kappa shape index (κ3) is 3.86. The summed E-state index contributed by atoms with van der Waals surface area (Å²) >= 11 is 1.88. The minimum absolute atomic E-state index is 0.202. The third-order valence-electron chi connectivity index (χ3n) is 3.64. The van der Waals surface area contributed by atoms with Gasteiger partial charge in [-0.15, -0.1) is 0 Å². The number of sulfonamides is 1. The summed E-state index contributed by atoms with van der Waals surface area (Å²) in [6, 6.07) is 3.98. The molecule has 0 heterocycles. The highest BCUT2D eigenvalue weighted by atomic mass is 32.2. The van der Waals surface area contributed by atoms with Crippen LogP contribution in [-0.4, -0.2) is 26.0 Å². The Bertz CT molecular complexity index is 570. The first-order chi connectivity index (χ1) is 9.40. The van der Waals surface area contributed by atoms with Gasteiger partial charge in [0.2, 0.25) is 10.0 Å². The number of nitrogens with one attached hydrogen (secondary N) is 1. The highest BCUT2D eigenvalue weighted by Gasteiger charge is 2.21. The molecule has 1 aliphatic carbocycles. The van der Waals surface area contributed by atoms with E-state index >= 15 is 0 Å². The molecule has 3 N–H and O–H groups in total. The first kappa shape index (κ1) is 15.6. The molecule has 0 aliphatic heterocycles. The van der Waals surface area contributed by atoms with Crippen LogP contribution in [0.4, 0.5) is 10.1 Å². The zero-order valence-corrected chi connectivity index (χ0v) is 12.9. The molecule has 0 spiro atoms. The van der Waals surface area contributed by atoms with Crippen molar-refractivity contribution in [3.05, 3.63) is 24.0 Å². The van der Waals surface area contributed by atoms with E-state index < -0.39 is 15.8 Å². The minimum Gasteiger partial charge on any atom is -0.380 e. The van der Waals surface area contributed by atoms with E-state index in [-0.39, 0.29) is 10.9 Å². The van der Waals surface area contributed by atoms with Gasteiger partial charge in [0.15, 0.2) is 0 Å². The molecule has 7 heteroatoms. The van der Waals surface area contributed by atoms with E-state index in [0.29, 0.717) is 10.9 Å². The number of hydrogen-bond donors (Lipinski definition) is 2. The molecule has 2 rings (SSSR count). The molecule has 0 radical (unpaired) electrons. The summed E-state index contributed by atoms with van der Waals surface area (Å²) in [5.74, 6) is -0.580. The summed E-state index contributed by atoms with van der Waals surface area (Å²) in [6.07, 6.45) is 6.36. The van der Waals surface area contributed by atoms with Gasteiger partial charge in [-0.05, 0) is 50.1 Å². The van der Waals surface area contributed by atoms with Crippen LogP contribution in [-0.2, 0) is 10.0 Å². The van der Waals surface area contributed by atoms with Crippen LogP contribution in [0.5, 0.6) is 0 Å². The Morgan fingerprint density at radius 2 is 1.95 bits per heavy atom. The van der Waals surface area contributed by atoms with Crippen molar-refractivity contribution in [2.45, 2.75) is 41.9 Å². The molecule has 0 unspecified atom stereocenters.